The van der Waals surface area contributed by atoms with E-state index in [-0.39, 0.29) is 4.87 Å². The van der Waals surface area contributed by atoms with E-state index in [9.17, 15) is 9.59 Å². The zero-order valence-corrected chi connectivity index (χ0v) is 17.2. The number of aromatic nitrogens is 1. The van der Waals surface area contributed by atoms with E-state index in [2.05, 4.69) is 23.5 Å². The number of aryl methyl sites for hydroxylation is 2. The van der Waals surface area contributed by atoms with Crippen molar-refractivity contribution in [1.29, 1.82) is 0 Å². The van der Waals surface area contributed by atoms with Crippen molar-refractivity contribution in [3.8, 4) is 0 Å². The maximum absolute atomic E-state index is 11.7. The Morgan fingerprint density at radius 1 is 1.07 bits per heavy atom. The Balaban J connectivity index is 1.24. The molecule has 1 saturated heterocycles. The van der Waals surface area contributed by atoms with Crippen molar-refractivity contribution in [1.82, 2.24) is 14.8 Å². The van der Waals surface area contributed by atoms with Gasteiger partial charge in [-0.05, 0) is 75.7 Å². The maximum Gasteiger partial charge on any atom is 0.307 e. The van der Waals surface area contributed by atoms with Gasteiger partial charge in [0.15, 0.2) is 0 Å². The third-order valence-corrected chi connectivity index (χ3v) is 6.37. The molecule has 0 bridgehead atoms. The Morgan fingerprint density at radius 2 is 1.89 bits per heavy atom. The monoisotopic (exact) mass is 389 g/mol. The van der Waals surface area contributed by atoms with Gasteiger partial charge in [-0.1, -0.05) is 17.4 Å². The number of carbonyl (C=O) groups excluding carboxylic acids is 1. The molecule has 0 saturated carbocycles. The number of piperidine rings is 1. The van der Waals surface area contributed by atoms with Gasteiger partial charge in [-0.15, -0.1) is 0 Å². The van der Waals surface area contributed by atoms with Crippen LogP contribution in [0.1, 0.15) is 50.5 Å². The van der Waals surface area contributed by atoms with E-state index in [0.29, 0.717) is 5.91 Å². The van der Waals surface area contributed by atoms with E-state index in [1.165, 1.54) is 23.3 Å². The number of nitrogens with zero attached hydrogens (tertiary/aromatic N) is 2. The smallest absolute Gasteiger partial charge is 0.307 e. The van der Waals surface area contributed by atoms with Gasteiger partial charge in [0.05, 0.1) is 10.2 Å². The second-order valence-corrected chi connectivity index (χ2v) is 8.47. The Hall–Kier alpha value is -1.66. The average Bonchev–Trinajstić information content (AvgIpc) is 2.95. The molecule has 1 aliphatic heterocycles. The van der Waals surface area contributed by atoms with E-state index in [1.807, 2.05) is 11.9 Å². The summed E-state index contributed by atoms with van der Waals surface area (Å²) in [6, 6.07) is 6.37. The molecule has 0 unspecified atom stereocenters. The minimum atomic E-state index is 0.107. The summed E-state index contributed by atoms with van der Waals surface area (Å²) in [7, 11) is 1.83. The highest BCUT2D eigenvalue weighted by molar-refractivity contribution is 7.16. The van der Waals surface area contributed by atoms with Crippen LogP contribution >= 0.6 is 11.3 Å². The van der Waals surface area contributed by atoms with Gasteiger partial charge in [0.1, 0.15) is 0 Å². The number of carbonyl (C=O) groups is 1. The number of unbranched alkanes of at least 4 members (excludes halogenated alkanes) is 2. The molecule has 0 atom stereocenters. The lowest BCUT2D eigenvalue weighted by atomic mass is 10.1. The van der Waals surface area contributed by atoms with Crippen molar-refractivity contribution in [3.63, 3.8) is 0 Å². The van der Waals surface area contributed by atoms with Gasteiger partial charge in [0, 0.05) is 26.6 Å². The maximum atomic E-state index is 11.7. The van der Waals surface area contributed by atoms with Gasteiger partial charge < -0.3 is 14.8 Å². The fourth-order valence-electron chi connectivity index (χ4n) is 3.69. The molecule has 148 valence electrons. The quantitative estimate of drug-likeness (QED) is 0.634. The number of likely N-dealkylation sites (tertiary alicyclic amines) is 1. The second kappa shape index (κ2) is 10.0. The third-order valence-electron chi connectivity index (χ3n) is 5.38. The molecular formula is C21H31N3O2S. The Kier molecular flexibility index (Phi) is 7.47. The Morgan fingerprint density at radius 3 is 2.70 bits per heavy atom. The van der Waals surface area contributed by atoms with Crippen LogP contribution in [0.3, 0.4) is 0 Å². The lowest BCUT2D eigenvalue weighted by Gasteiger charge is -2.26. The molecule has 6 heteroatoms. The van der Waals surface area contributed by atoms with Crippen LogP contribution in [-0.2, 0) is 18.3 Å². The standard InChI is InChI=1S/C21H31N3O2S/c1-23-18-11-10-17(16-19(18)27-21(23)26)8-2-4-12-22-13-5-7-15-24-14-6-3-9-20(24)25/h10-11,16,22H,2-9,12-15H2,1H3. The largest absolute Gasteiger partial charge is 0.343 e. The van der Waals surface area contributed by atoms with Crippen molar-refractivity contribution in [2.75, 3.05) is 26.2 Å². The highest BCUT2D eigenvalue weighted by Gasteiger charge is 2.16. The molecule has 3 rings (SSSR count). The van der Waals surface area contributed by atoms with Crippen molar-refractivity contribution in [2.24, 2.45) is 7.05 Å². The van der Waals surface area contributed by atoms with Gasteiger partial charge in [-0.25, -0.2) is 0 Å². The van der Waals surface area contributed by atoms with Crippen molar-refractivity contribution >= 4 is 27.5 Å². The molecular weight excluding hydrogens is 358 g/mol. The van der Waals surface area contributed by atoms with Crippen LogP contribution in [0, 0.1) is 0 Å². The number of thiazole rings is 1. The minimum Gasteiger partial charge on any atom is -0.343 e. The summed E-state index contributed by atoms with van der Waals surface area (Å²) in [5.41, 5.74) is 2.34. The Bertz CT molecular complexity index is 811. The Labute approximate surface area is 165 Å². The molecule has 5 nitrogen and oxygen atoms in total. The van der Waals surface area contributed by atoms with Gasteiger partial charge in [-0.3, -0.25) is 9.59 Å². The number of nitrogens with one attached hydrogen (secondary N) is 1. The van der Waals surface area contributed by atoms with Crippen molar-refractivity contribution in [3.05, 3.63) is 33.4 Å². The molecule has 2 heterocycles. The fraction of sp³-hybridized carbons (Fsp3) is 0.619. The SMILES string of the molecule is Cn1c(=O)sc2cc(CCCCNCCCCN3CCCCC3=O)ccc21. The molecule has 0 radical (unpaired) electrons. The first kappa shape index (κ1) is 20.1. The summed E-state index contributed by atoms with van der Waals surface area (Å²) in [5.74, 6) is 0.343. The zero-order chi connectivity index (χ0) is 19.1. The molecule has 1 N–H and O–H groups in total. The van der Waals surface area contributed by atoms with Crippen LogP contribution in [0.2, 0.25) is 0 Å². The van der Waals surface area contributed by atoms with Crippen LogP contribution in [0.5, 0.6) is 0 Å². The zero-order valence-electron chi connectivity index (χ0n) is 16.3. The molecule has 0 spiro atoms. The number of benzene rings is 1. The molecule has 2 aromatic rings. The molecule has 1 fully saturated rings. The average molecular weight is 390 g/mol. The first-order chi connectivity index (χ1) is 13.1. The highest BCUT2D eigenvalue weighted by Crippen LogP contribution is 2.19. The lowest BCUT2D eigenvalue weighted by Crippen LogP contribution is -2.36. The predicted octanol–water partition coefficient (Wildman–Crippen LogP) is 3.31. The van der Waals surface area contributed by atoms with Crippen molar-refractivity contribution in [2.45, 2.75) is 51.4 Å². The molecule has 1 aromatic carbocycles. The highest BCUT2D eigenvalue weighted by atomic mass is 32.1. The van der Waals surface area contributed by atoms with E-state index in [1.54, 1.807) is 4.57 Å². The predicted molar refractivity (Wildman–Crippen MR) is 113 cm³/mol. The topological polar surface area (TPSA) is 54.3 Å². The van der Waals surface area contributed by atoms with E-state index >= 15 is 0 Å². The van der Waals surface area contributed by atoms with Crippen LogP contribution in [0.15, 0.2) is 23.0 Å². The van der Waals surface area contributed by atoms with Crippen LogP contribution in [0.25, 0.3) is 10.2 Å². The summed E-state index contributed by atoms with van der Waals surface area (Å²) in [6.45, 7) is 3.96. The first-order valence-corrected chi connectivity index (χ1v) is 11.0. The number of hydrogen-bond acceptors (Lipinski definition) is 4. The van der Waals surface area contributed by atoms with Crippen LogP contribution < -0.4 is 10.2 Å². The minimum absolute atomic E-state index is 0.107. The molecule has 1 amide bonds. The molecule has 1 aromatic heterocycles. The second-order valence-electron chi connectivity index (χ2n) is 7.48. The van der Waals surface area contributed by atoms with Gasteiger partial charge >= 0.3 is 4.87 Å². The summed E-state index contributed by atoms with van der Waals surface area (Å²) < 4.78 is 2.81. The van der Waals surface area contributed by atoms with Gasteiger partial charge in [-0.2, -0.15) is 0 Å². The number of amides is 1. The number of hydrogen-bond donors (Lipinski definition) is 1. The molecule has 1 aliphatic rings. The van der Waals surface area contributed by atoms with E-state index in [0.717, 1.165) is 81.3 Å². The fourth-order valence-corrected chi connectivity index (χ4v) is 4.63. The summed E-state index contributed by atoms with van der Waals surface area (Å²) >= 11 is 1.33. The van der Waals surface area contributed by atoms with E-state index < -0.39 is 0 Å². The normalized spacial score (nSPS) is 15.0. The third kappa shape index (κ3) is 5.66. The molecule has 0 aliphatic carbocycles. The van der Waals surface area contributed by atoms with Crippen LogP contribution in [-0.4, -0.2) is 41.6 Å². The molecule has 27 heavy (non-hydrogen) atoms. The summed E-state index contributed by atoms with van der Waals surface area (Å²) in [5, 5.41) is 3.51. The van der Waals surface area contributed by atoms with Crippen molar-refractivity contribution < 1.29 is 4.79 Å². The van der Waals surface area contributed by atoms with Gasteiger partial charge in [0.25, 0.3) is 0 Å². The van der Waals surface area contributed by atoms with Crippen LogP contribution in [0.4, 0.5) is 0 Å². The number of rotatable bonds is 10. The van der Waals surface area contributed by atoms with E-state index in [4.69, 9.17) is 0 Å². The summed E-state index contributed by atoms with van der Waals surface area (Å²) in [4.78, 5) is 25.6. The summed E-state index contributed by atoms with van der Waals surface area (Å²) in [6.07, 6.45) is 8.58. The lowest BCUT2D eigenvalue weighted by molar-refractivity contribution is -0.133. The first-order valence-electron chi connectivity index (χ1n) is 10.2. The van der Waals surface area contributed by atoms with Gasteiger partial charge in [0.2, 0.25) is 5.91 Å². The number of fused-ring (bicyclic) bond motifs is 1.